The van der Waals surface area contributed by atoms with Gasteiger partial charge < -0.3 is 9.88 Å². The third-order valence-electron chi connectivity index (χ3n) is 5.27. The van der Waals surface area contributed by atoms with E-state index in [2.05, 4.69) is 20.9 Å². The lowest BCUT2D eigenvalue weighted by molar-refractivity contribution is -0.127. The van der Waals surface area contributed by atoms with Crippen LogP contribution < -0.4 is 0 Å². The first kappa shape index (κ1) is 20.8. The molecule has 1 N–H and O–H groups in total. The number of sulfonamides is 1. The second-order valence-electron chi connectivity index (χ2n) is 7.15. The lowest BCUT2D eigenvalue weighted by Gasteiger charge is -2.33. The summed E-state index contributed by atoms with van der Waals surface area (Å²) in [5.41, 5.74) is 1.82. The maximum absolute atomic E-state index is 12.9. The Morgan fingerprint density at radius 3 is 2.40 bits per heavy atom. The molecule has 1 aliphatic rings. The smallest absolute Gasteiger partial charge is 0.295 e. The molecule has 1 amide bonds. The number of H-pyrrole nitrogens is 1. The van der Waals surface area contributed by atoms with Crippen molar-refractivity contribution in [2.24, 2.45) is 0 Å². The van der Waals surface area contributed by atoms with E-state index in [1.54, 1.807) is 31.2 Å². The Balaban J connectivity index is 1.49. The maximum Gasteiger partial charge on any atom is 0.295 e. The van der Waals surface area contributed by atoms with Crippen LogP contribution in [-0.2, 0) is 14.8 Å². The molecule has 0 spiro atoms. The molecule has 9 heteroatoms. The average molecular weight is 490 g/mol. The van der Waals surface area contributed by atoms with Gasteiger partial charge in [-0.05, 0) is 31.2 Å². The van der Waals surface area contributed by atoms with Gasteiger partial charge in [-0.3, -0.25) is 9.59 Å². The number of piperazine rings is 1. The summed E-state index contributed by atoms with van der Waals surface area (Å²) in [6, 6.07) is 13.9. The highest BCUT2D eigenvalue weighted by Crippen LogP contribution is 2.24. The summed E-state index contributed by atoms with van der Waals surface area (Å²) in [5.74, 6) is -1.18. The standard InChI is InChI=1S/C21H20BrN3O4S/c1-14-19(17-7-2-3-8-18(17)23-14)20(26)21(27)24-9-11-25(12-10-24)30(28,29)16-6-4-5-15(22)13-16/h2-8,13,23H,9-12H2,1H3. The van der Waals surface area contributed by atoms with Gasteiger partial charge in [0, 0.05) is 47.2 Å². The number of carbonyl (C=O) groups is 2. The number of ketones is 1. The summed E-state index contributed by atoms with van der Waals surface area (Å²) in [6.45, 7) is 2.38. The number of aryl methyl sites for hydroxylation is 1. The number of para-hydroxylation sites is 1. The normalized spacial score (nSPS) is 15.5. The van der Waals surface area contributed by atoms with E-state index in [0.29, 0.717) is 21.1 Å². The van der Waals surface area contributed by atoms with Crippen LogP contribution in [0.25, 0.3) is 10.9 Å². The van der Waals surface area contributed by atoms with Gasteiger partial charge in [-0.25, -0.2) is 8.42 Å². The summed E-state index contributed by atoms with van der Waals surface area (Å²) >= 11 is 3.29. The molecule has 7 nitrogen and oxygen atoms in total. The topological polar surface area (TPSA) is 90.6 Å². The highest BCUT2D eigenvalue weighted by molar-refractivity contribution is 9.10. The van der Waals surface area contributed by atoms with Gasteiger partial charge in [0.2, 0.25) is 10.0 Å². The Hall–Kier alpha value is -2.49. The first-order valence-electron chi connectivity index (χ1n) is 9.45. The number of nitrogens with one attached hydrogen (secondary N) is 1. The van der Waals surface area contributed by atoms with Crippen LogP contribution in [0.3, 0.4) is 0 Å². The predicted molar refractivity (Wildman–Crippen MR) is 117 cm³/mol. The van der Waals surface area contributed by atoms with Crippen molar-refractivity contribution in [2.75, 3.05) is 26.2 Å². The summed E-state index contributed by atoms with van der Waals surface area (Å²) in [6.07, 6.45) is 0. The van der Waals surface area contributed by atoms with E-state index < -0.39 is 21.7 Å². The number of rotatable bonds is 4. The number of halogens is 1. The van der Waals surface area contributed by atoms with Crippen LogP contribution in [-0.4, -0.2) is 60.5 Å². The SMILES string of the molecule is Cc1[nH]c2ccccc2c1C(=O)C(=O)N1CCN(S(=O)(=O)c2cccc(Br)c2)CC1. The van der Waals surface area contributed by atoms with E-state index in [1.165, 1.54) is 9.21 Å². The number of hydrogen-bond acceptors (Lipinski definition) is 4. The molecule has 4 rings (SSSR count). The first-order chi connectivity index (χ1) is 14.3. The Kier molecular flexibility index (Phi) is 5.52. The number of benzene rings is 2. The largest absolute Gasteiger partial charge is 0.358 e. The van der Waals surface area contributed by atoms with Gasteiger partial charge in [-0.1, -0.05) is 40.2 Å². The van der Waals surface area contributed by atoms with Crippen molar-refractivity contribution >= 4 is 48.5 Å². The number of Topliss-reactive ketones (excluding diaryl/α,β-unsaturated/α-hetero) is 1. The van der Waals surface area contributed by atoms with Crippen LogP contribution in [0.1, 0.15) is 16.1 Å². The van der Waals surface area contributed by atoms with Gasteiger partial charge in [-0.15, -0.1) is 0 Å². The van der Waals surface area contributed by atoms with Crippen molar-refractivity contribution in [3.8, 4) is 0 Å². The Morgan fingerprint density at radius 1 is 1.00 bits per heavy atom. The summed E-state index contributed by atoms with van der Waals surface area (Å²) < 4.78 is 27.7. The van der Waals surface area contributed by atoms with Crippen LogP contribution in [0, 0.1) is 6.92 Å². The third kappa shape index (κ3) is 3.68. The molecule has 0 saturated carbocycles. The Morgan fingerprint density at radius 2 is 1.70 bits per heavy atom. The lowest BCUT2D eigenvalue weighted by atomic mass is 10.1. The van der Waals surface area contributed by atoms with Crippen LogP contribution in [0.15, 0.2) is 57.9 Å². The van der Waals surface area contributed by atoms with Crippen LogP contribution in [0.5, 0.6) is 0 Å². The monoisotopic (exact) mass is 489 g/mol. The molecule has 0 aliphatic carbocycles. The number of hydrogen-bond donors (Lipinski definition) is 1. The molecule has 1 fully saturated rings. The Bertz CT molecular complexity index is 1240. The number of amides is 1. The third-order valence-corrected chi connectivity index (χ3v) is 7.66. The number of aromatic nitrogens is 1. The minimum Gasteiger partial charge on any atom is -0.358 e. The Labute approximate surface area is 182 Å². The highest BCUT2D eigenvalue weighted by Gasteiger charge is 2.33. The second-order valence-corrected chi connectivity index (χ2v) is 10.0. The number of aromatic amines is 1. The molecule has 2 heterocycles. The van der Waals surface area contributed by atoms with Crippen LogP contribution >= 0.6 is 15.9 Å². The summed E-state index contributed by atoms with van der Waals surface area (Å²) in [5, 5.41) is 0.712. The van der Waals surface area contributed by atoms with Crippen molar-refractivity contribution in [1.29, 1.82) is 0 Å². The number of carbonyl (C=O) groups excluding carboxylic acids is 2. The molecule has 0 radical (unpaired) electrons. The van der Waals surface area contributed by atoms with Crippen molar-refractivity contribution in [3.63, 3.8) is 0 Å². The van der Waals surface area contributed by atoms with Gasteiger partial charge >= 0.3 is 0 Å². The van der Waals surface area contributed by atoms with Crippen molar-refractivity contribution in [2.45, 2.75) is 11.8 Å². The predicted octanol–water partition coefficient (Wildman–Crippen LogP) is 2.95. The fraction of sp³-hybridized carbons (Fsp3) is 0.238. The van der Waals surface area contributed by atoms with Gasteiger partial charge in [0.25, 0.3) is 11.7 Å². The second kappa shape index (κ2) is 7.98. The summed E-state index contributed by atoms with van der Waals surface area (Å²) in [7, 11) is -3.66. The zero-order valence-corrected chi connectivity index (χ0v) is 18.7. The van der Waals surface area contributed by atoms with Gasteiger partial charge in [-0.2, -0.15) is 4.31 Å². The molecule has 30 heavy (non-hydrogen) atoms. The van der Waals surface area contributed by atoms with E-state index >= 15 is 0 Å². The average Bonchev–Trinajstić information content (AvgIpc) is 3.08. The van der Waals surface area contributed by atoms with E-state index in [9.17, 15) is 18.0 Å². The molecule has 0 unspecified atom stereocenters. The van der Waals surface area contributed by atoms with Crippen molar-refractivity contribution in [3.05, 3.63) is 64.3 Å². The quantitative estimate of drug-likeness (QED) is 0.450. The fourth-order valence-electron chi connectivity index (χ4n) is 3.73. The highest BCUT2D eigenvalue weighted by atomic mass is 79.9. The molecular weight excluding hydrogens is 470 g/mol. The molecule has 1 saturated heterocycles. The minimum absolute atomic E-state index is 0.140. The van der Waals surface area contributed by atoms with E-state index in [-0.39, 0.29) is 31.1 Å². The maximum atomic E-state index is 12.9. The molecule has 2 aromatic carbocycles. The van der Waals surface area contributed by atoms with Crippen molar-refractivity contribution in [1.82, 2.24) is 14.2 Å². The minimum atomic E-state index is -3.66. The van der Waals surface area contributed by atoms with Gasteiger partial charge in [0.15, 0.2) is 0 Å². The molecule has 0 atom stereocenters. The van der Waals surface area contributed by atoms with E-state index in [1.807, 2.05) is 24.3 Å². The first-order valence-corrected chi connectivity index (χ1v) is 11.7. The molecule has 3 aromatic rings. The molecule has 156 valence electrons. The van der Waals surface area contributed by atoms with Crippen LogP contribution in [0.2, 0.25) is 0 Å². The number of nitrogens with zero attached hydrogens (tertiary/aromatic N) is 2. The lowest BCUT2D eigenvalue weighted by Crippen LogP contribution is -2.52. The molecule has 0 bridgehead atoms. The van der Waals surface area contributed by atoms with E-state index in [0.717, 1.165) is 5.52 Å². The fourth-order valence-corrected chi connectivity index (χ4v) is 5.75. The van der Waals surface area contributed by atoms with Crippen LogP contribution in [0.4, 0.5) is 0 Å². The molecule has 1 aromatic heterocycles. The van der Waals surface area contributed by atoms with Gasteiger partial charge in [0.1, 0.15) is 0 Å². The molecular formula is C21H20BrN3O4S. The summed E-state index contributed by atoms with van der Waals surface area (Å²) in [4.78, 5) is 30.5. The number of fused-ring (bicyclic) bond motifs is 1. The molecule has 1 aliphatic heterocycles. The van der Waals surface area contributed by atoms with Crippen molar-refractivity contribution < 1.29 is 18.0 Å². The zero-order chi connectivity index (χ0) is 21.5. The van der Waals surface area contributed by atoms with E-state index in [4.69, 9.17) is 0 Å². The zero-order valence-electron chi connectivity index (χ0n) is 16.3. The van der Waals surface area contributed by atoms with Gasteiger partial charge in [0.05, 0.1) is 10.5 Å².